The molecule has 0 aromatic heterocycles. The Hall–Kier alpha value is -2.82. The molecule has 3 rings (SSSR count). The first-order chi connectivity index (χ1) is 12.5. The highest BCUT2D eigenvalue weighted by atomic mass is 16.2. The molecule has 0 aliphatic heterocycles. The van der Waals surface area contributed by atoms with E-state index in [1.54, 1.807) is 36.2 Å². The van der Waals surface area contributed by atoms with Crippen molar-refractivity contribution in [3.05, 3.63) is 64.7 Å². The summed E-state index contributed by atoms with van der Waals surface area (Å²) in [4.78, 5) is 26.7. The molecule has 0 heterocycles. The lowest BCUT2D eigenvalue weighted by molar-refractivity contribution is 0.0802. The van der Waals surface area contributed by atoms with E-state index in [1.807, 2.05) is 25.1 Å². The van der Waals surface area contributed by atoms with Crippen molar-refractivity contribution in [2.24, 2.45) is 0 Å². The number of benzene rings is 2. The molecular formula is C21H25N3O2. The molecule has 0 radical (unpaired) electrons. The molecule has 0 saturated heterocycles. The van der Waals surface area contributed by atoms with Gasteiger partial charge in [-0.2, -0.15) is 0 Å². The molecule has 1 unspecified atom stereocenters. The Kier molecular flexibility index (Phi) is 5.26. The molecule has 2 aromatic carbocycles. The molecule has 5 heteroatoms. The van der Waals surface area contributed by atoms with Crippen molar-refractivity contribution in [3.63, 3.8) is 0 Å². The summed E-state index contributed by atoms with van der Waals surface area (Å²) in [5.41, 5.74) is 10.00. The van der Waals surface area contributed by atoms with Gasteiger partial charge in [0.05, 0.1) is 6.04 Å². The van der Waals surface area contributed by atoms with Gasteiger partial charge in [0.25, 0.3) is 11.8 Å². The SMILES string of the molecule is CCN(C)C(=O)c1cccc(C(=O)NC2CCCc3cc(N)ccc32)c1. The third kappa shape index (κ3) is 3.72. The molecule has 0 spiro atoms. The van der Waals surface area contributed by atoms with E-state index in [4.69, 9.17) is 5.73 Å². The summed E-state index contributed by atoms with van der Waals surface area (Å²) in [5, 5.41) is 3.12. The number of anilines is 1. The molecule has 1 atom stereocenters. The van der Waals surface area contributed by atoms with Gasteiger partial charge in [0.2, 0.25) is 0 Å². The third-order valence-electron chi connectivity index (χ3n) is 4.98. The minimum Gasteiger partial charge on any atom is -0.399 e. The Morgan fingerprint density at radius 1 is 1.19 bits per heavy atom. The highest BCUT2D eigenvalue weighted by molar-refractivity contribution is 5.99. The van der Waals surface area contributed by atoms with Crippen LogP contribution < -0.4 is 11.1 Å². The lowest BCUT2D eigenvalue weighted by Crippen LogP contribution is -2.31. The predicted octanol–water partition coefficient (Wildman–Crippen LogP) is 3.17. The number of nitrogens with one attached hydrogen (secondary N) is 1. The van der Waals surface area contributed by atoms with Gasteiger partial charge in [-0.15, -0.1) is 0 Å². The van der Waals surface area contributed by atoms with Gasteiger partial charge in [-0.05, 0) is 67.6 Å². The maximum atomic E-state index is 12.7. The summed E-state index contributed by atoms with van der Waals surface area (Å²) >= 11 is 0. The fourth-order valence-corrected chi connectivity index (χ4v) is 3.38. The van der Waals surface area contributed by atoms with Gasteiger partial charge >= 0.3 is 0 Å². The first kappa shape index (κ1) is 18.0. The molecule has 5 nitrogen and oxygen atoms in total. The van der Waals surface area contributed by atoms with Gasteiger partial charge in [-0.3, -0.25) is 9.59 Å². The van der Waals surface area contributed by atoms with Gasteiger partial charge in [0.1, 0.15) is 0 Å². The average Bonchev–Trinajstić information content (AvgIpc) is 2.66. The van der Waals surface area contributed by atoms with Crippen molar-refractivity contribution in [3.8, 4) is 0 Å². The van der Waals surface area contributed by atoms with Crippen LogP contribution in [0.2, 0.25) is 0 Å². The Bertz CT molecular complexity index is 832. The van der Waals surface area contributed by atoms with Crippen molar-refractivity contribution < 1.29 is 9.59 Å². The van der Waals surface area contributed by atoms with Crippen LogP contribution in [0.25, 0.3) is 0 Å². The number of carbonyl (C=O) groups is 2. The summed E-state index contributed by atoms with van der Waals surface area (Å²) in [6.45, 7) is 2.54. The lowest BCUT2D eigenvalue weighted by atomic mass is 9.87. The van der Waals surface area contributed by atoms with Gasteiger partial charge in [-0.1, -0.05) is 12.1 Å². The number of fused-ring (bicyclic) bond motifs is 1. The maximum absolute atomic E-state index is 12.7. The number of rotatable bonds is 4. The minimum absolute atomic E-state index is 0.0236. The molecule has 1 aliphatic rings. The number of hydrogen-bond acceptors (Lipinski definition) is 3. The Labute approximate surface area is 154 Å². The molecule has 0 saturated carbocycles. The number of nitrogens with two attached hydrogens (primary N) is 1. The van der Waals surface area contributed by atoms with Crippen LogP contribution in [-0.4, -0.2) is 30.3 Å². The lowest BCUT2D eigenvalue weighted by Gasteiger charge is -2.26. The monoisotopic (exact) mass is 351 g/mol. The van der Waals surface area contributed by atoms with Crippen molar-refractivity contribution in [1.29, 1.82) is 0 Å². The van der Waals surface area contributed by atoms with Gasteiger partial charge in [-0.25, -0.2) is 0 Å². The molecular weight excluding hydrogens is 326 g/mol. The highest BCUT2D eigenvalue weighted by Crippen LogP contribution is 2.31. The average molecular weight is 351 g/mol. The molecule has 136 valence electrons. The fraction of sp³-hybridized carbons (Fsp3) is 0.333. The number of amides is 2. The van der Waals surface area contributed by atoms with Crippen LogP contribution in [0.5, 0.6) is 0 Å². The number of nitrogen functional groups attached to an aromatic ring is 1. The van der Waals surface area contributed by atoms with E-state index in [-0.39, 0.29) is 17.9 Å². The van der Waals surface area contributed by atoms with Gasteiger partial charge in [0, 0.05) is 30.4 Å². The summed E-state index contributed by atoms with van der Waals surface area (Å²) in [6, 6.07) is 12.7. The van der Waals surface area contributed by atoms with E-state index in [9.17, 15) is 9.59 Å². The van der Waals surface area contributed by atoms with Crippen molar-refractivity contribution in [1.82, 2.24) is 10.2 Å². The quantitative estimate of drug-likeness (QED) is 0.831. The summed E-state index contributed by atoms with van der Waals surface area (Å²) in [6.07, 6.45) is 2.90. The standard InChI is InChI=1S/C21H25N3O2/c1-3-24(2)21(26)16-8-4-7-15(12-16)20(25)23-19-9-5-6-14-13-17(22)10-11-18(14)19/h4,7-8,10-13,19H,3,5-6,9,22H2,1-2H3,(H,23,25). The molecule has 0 bridgehead atoms. The van der Waals surface area contributed by atoms with Gasteiger partial charge in [0.15, 0.2) is 0 Å². The summed E-state index contributed by atoms with van der Waals surface area (Å²) in [5.74, 6) is -0.242. The van der Waals surface area contributed by atoms with E-state index in [1.165, 1.54) is 5.56 Å². The number of hydrogen-bond donors (Lipinski definition) is 2. The molecule has 2 aromatic rings. The van der Waals surface area contributed by atoms with Crippen LogP contribution in [0.4, 0.5) is 5.69 Å². The second kappa shape index (κ2) is 7.60. The zero-order chi connectivity index (χ0) is 18.7. The topological polar surface area (TPSA) is 75.4 Å². The molecule has 1 aliphatic carbocycles. The van der Waals surface area contributed by atoms with E-state index in [0.29, 0.717) is 17.7 Å². The first-order valence-electron chi connectivity index (χ1n) is 9.04. The molecule has 0 fully saturated rings. The molecule has 3 N–H and O–H groups in total. The number of carbonyl (C=O) groups excluding carboxylic acids is 2. The van der Waals surface area contributed by atoms with E-state index >= 15 is 0 Å². The van der Waals surface area contributed by atoms with E-state index < -0.39 is 0 Å². The highest BCUT2D eigenvalue weighted by Gasteiger charge is 2.23. The summed E-state index contributed by atoms with van der Waals surface area (Å²) in [7, 11) is 1.75. The minimum atomic E-state index is -0.159. The molecule has 26 heavy (non-hydrogen) atoms. The van der Waals surface area contributed by atoms with Crippen LogP contribution in [0.3, 0.4) is 0 Å². The van der Waals surface area contributed by atoms with E-state index in [2.05, 4.69) is 5.32 Å². The second-order valence-electron chi connectivity index (χ2n) is 6.78. The van der Waals surface area contributed by atoms with Crippen LogP contribution in [0.15, 0.2) is 42.5 Å². The largest absolute Gasteiger partial charge is 0.399 e. The van der Waals surface area contributed by atoms with Crippen molar-refractivity contribution in [2.75, 3.05) is 19.3 Å². The normalized spacial score (nSPS) is 15.8. The van der Waals surface area contributed by atoms with Crippen molar-refractivity contribution in [2.45, 2.75) is 32.2 Å². The van der Waals surface area contributed by atoms with Crippen molar-refractivity contribution >= 4 is 17.5 Å². The molecule has 2 amide bonds. The summed E-state index contributed by atoms with van der Waals surface area (Å²) < 4.78 is 0. The van der Waals surface area contributed by atoms with Crippen LogP contribution in [0.1, 0.15) is 57.7 Å². The Balaban J connectivity index is 1.78. The number of aryl methyl sites for hydroxylation is 1. The predicted molar refractivity (Wildman–Crippen MR) is 103 cm³/mol. The second-order valence-corrected chi connectivity index (χ2v) is 6.78. The van der Waals surface area contributed by atoms with E-state index in [0.717, 1.165) is 30.5 Å². The smallest absolute Gasteiger partial charge is 0.253 e. The zero-order valence-corrected chi connectivity index (χ0v) is 15.3. The van der Waals surface area contributed by atoms with Crippen LogP contribution in [0, 0.1) is 0 Å². The van der Waals surface area contributed by atoms with Crippen LogP contribution >= 0.6 is 0 Å². The fourth-order valence-electron chi connectivity index (χ4n) is 3.38. The Morgan fingerprint density at radius 2 is 1.96 bits per heavy atom. The van der Waals surface area contributed by atoms with Gasteiger partial charge < -0.3 is 16.0 Å². The first-order valence-corrected chi connectivity index (χ1v) is 9.04. The third-order valence-corrected chi connectivity index (χ3v) is 4.98. The Morgan fingerprint density at radius 3 is 2.73 bits per heavy atom. The van der Waals surface area contributed by atoms with Crippen LogP contribution in [-0.2, 0) is 6.42 Å². The maximum Gasteiger partial charge on any atom is 0.253 e. The number of nitrogens with zero attached hydrogens (tertiary/aromatic N) is 1. The zero-order valence-electron chi connectivity index (χ0n) is 15.3.